The van der Waals surface area contributed by atoms with Gasteiger partial charge >= 0.3 is 0 Å². The smallest absolute Gasteiger partial charge is 0.276 e. The average Bonchev–Trinajstić information content (AvgIpc) is 3.13. The molecule has 1 aliphatic carbocycles. The Morgan fingerprint density at radius 1 is 1.29 bits per heavy atom. The summed E-state index contributed by atoms with van der Waals surface area (Å²) in [7, 11) is 0. The van der Waals surface area contributed by atoms with Gasteiger partial charge in [-0.15, -0.1) is 0 Å². The number of carbonyl (C=O) groups is 1. The Balaban J connectivity index is 1.57. The highest BCUT2D eigenvalue weighted by molar-refractivity contribution is 5.92. The quantitative estimate of drug-likeness (QED) is 0.939. The summed E-state index contributed by atoms with van der Waals surface area (Å²) in [4.78, 5) is 18.7. The lowest BCUT2D eigenvalue weighted by Crippen LogP contribution is -2.32. The van der Waals surface area contributed by atoms with Gasteiger partial charge in [-0.1, -0.05) is 18.6 Å². The Morgan fingerprint density at radius 2 is 2.04 bits per heavy atom. The van der Waals surface area contributed by atoms with Crippen LogP contribution in [0, 0.1) is 5.82 Å². The molecular formula is C18H19FN2O3. The Morgan fingerprint density at radius 3 is 2.71 bits per heavy atom. The van der Waals surface area contributed by atoms with E-state index in [-0.39, 0.29) is 30.0 Å². The molecule has 2 heterocycles. The van der Waals surface area contributed by atoms with Gasteiger partial charge in [0, 0.05) is 12.5 Å². The highest BCUT2D eigenvalue weighted by atomic mass is 19.1. The number of aliphatic hydroxyl groups is 1. The van der Waals surface area contributed by atoms with Crippen LogP contribution in [-0.4, -0.2) is 33.5 Å². The predicted octanol–water partition coefficient (Wildman–Crippen LogP) is 3.03. The minimum atomic E-state index is -0.595. The van der Waals surface area contributed by atoms with E-state index in [1.54, 1.807) is 17.0 Å². The van der Waals surface area contributed by atoms with Crippen LogP contribution in [0.4, 0.5) is 4.39 Å². The first-order chi connectivity index (χ1) is 11.6. The molecule has 2 aliphatic rings. The van der Waals surface area contributed by atoms with Crippen LogP contribution in [0.2, 0.25) is 0 Å². The molecule has 1 N–H and O–H groups in total. The molecule has 1 amide bonds. The number of amides is 1. The summed E-state index contributed by atoms with van der Waals surface area (Å²) in [6, 6.07) is 5.76. The molecule has 0 unspecified atom stereocenters. The number of aliphatic hydroxyl groups excluding tert-OH is 1. The van der Waals surface area contributed by atoms with E-state index in [1.165, 1.54) is 24.8 Å². The maximum absolute atomic E-state index is 13.1. The molecule has 1 aliphatic heterocycles. The third-order valence-electron chi connectivity index (χ3n) is 4.99. The summed E-state index contributed by atoms with van der Waals surface area (Å²) in [5, 5.41) is 10.0. The molecule has 0 spiro atoms. The van der Waals surface area contributed by atoms with E-state index < -0.39 is 6.10 Å². The van der Waals surface area contributed by atoms with Crippen LogP contribution in [0.25, 0.3) is 0 Å². The van der Waals surface area contributed by atoms with E-state index in [1.807, 2.05) is 0 Å². The van der Waals surface area contributed by atoms with Crippen LogP contribution in [0.1, 0.15) is 59.6 Å². The van der Waals surface area contributed by atoms with Crippen molar-refractivity contribution in [2.75, 3.05) is 6.54 Å². The molecule has 1 saturated heterocycles. The molecule has 5 nitrogen and oxygen atoms in total. The molecule has 2 atom stereocenters. The van der Waals surface area contributed by atoms with Crippen LogP contribution in [0.5, 0.6) is 0 Å². The topological polar surface area (TPSA) is 66.6 Å². The Bertz CT molecular complexity index is 739. The second-order valence-corrected chi connectivity index (χ2v) is 6.61. The molecule has 2 fully saturated rings. The molecule has 1 aromatic heterocycles. The van der Waals surface area contributed by atoms with Crippen molar-refractivity contribution in [3.05, 3.63) is 53.5 Å². The zero-order valence-corrected chi connectivity index (χ0v) is 13.2. The number of halogens is 1. The molecule has 2 aromatic rings. The predicted molar refractivity (Wildman–Crippen MR) is 83.9 cm³/mol. The number of nitrogens with zero attached hydrogens (tertiary/aromatic N) is 2. The van der Waals surface area contributed by atoms with Crippen LogP contribution < -0.4 is 0 Å². The number of carbonyl (C=O) groups excluding carboxylic acids is 1. The van der Waals surface area contributed by atoms with Crippen molar-refractivity contribution < 1.29 is 18.7 Å². The first-order valence-electron chi connectivity index (χ1n) is 8.32. The monoisotopic (exact) mass is 330 g/mol. The van der Waals surface area contributed by atoms with Gasteiger partial charge in [0.25, 0.3) is 5.91 Å². The molecule has 24 heavy (non-hydrogen) atoms. The van der Waals surface area contributed by atoms with E-state index in [0.717, 1.165) is 18.4 Å². The number of rotatable bonds is 3. The van der Waals surface area contributed by atoms with Crippen LogP contribution in [-0.2, 0) is 0 Å². The Labute approximate surface area is 139 Å². The zero-order chi connectivity index (χ0) is 16.7. The van der Waals surface area contributed by atoms with E-state index in [0.29, 0.717) is 18.2 Å². The number of hydrogen-bond acceptors (Lipinski definition) is 4. The summed E-state index contributed by atoms with van der Waals surface area (Å²) in [5.41, 5.74) is 1.09. The Hall–Kier alpha value is -2.21. The Kier molecular flexibility index (Phi) is 3.84. The molecule has 1 saturated carbocycles. The molecule has 0 radical (unpaired) electrons. The molecule has 0 bridgehead atoms. The van der Waals surface area contributed by atoms with Crippen LogP contribution in [0.15, 0.2) is 34.9 Å². The maximum atomic E-state index is 13.1. The number of likely N-dealkylation sites (tertiary alicyclic amines) is 1. The van der Waals surface area contributed by atoms with E-state index >= 15 is 0 Å². The molecule has 4 rings (SSSR count). The fraction of sp³-hybridized carbons (Fsp3) is 0.444. The summed E-state index contributed by atoms with van der Waals surface area (Å²) in [6.07, 6.45) is 4.51. The SMILES string of the molecule is O=C(c1coc(C2CCC2)n1)N1C[C@@H](O)C[C@H]1c1ccc(F)cc1. The fourth-order valence-electron chi connectivity index (χ4n) is 3.41. The van der Waals surface area contributed by atoms with Crippen LogP contribution >= 0.6 is 0 Å². The van der Waals surface area contributed by atoms with Crippen molar-refractivity contribution >= 4 is 5.91 Å². The number of benzene rings is 1. The van der Waals surface area contributed by atoms with E-state index in [2.05, 4.69) is 4.98 Å². The maximum Gasteiger partial charge on any atom is 0.276 e. The van der Waals surface area contributed by atoms with Crippen molar-refractivity contribution in [2.45, 2.75) is 43.7 Å². The number of β-amino-alcohol motifs (C(OH)–C–C–N with tert-alkyl or cyclic N) is 1. The van der Waals surface area contributed by atoms with Crippen molar-refractivity contribution in [2.24, 2.45) is 0 Å². The molecule has 1 aromatic carbocycles. The van der Waals surface area contributed by atoms with Gasteiger partial charge in [0.1, 0.15) is 12.1 Å². The van der Waals surface area contributed by atoms with Gasteiger partial charge in [0.15, 0.2) is 11.6 Å². The van der Waals surface area contributed by atoms with E-state index in [4.69, 9.17) is 4.42 Å². The normalized spacial score (nSPS) is 24.2. The molecule has 126 valence electrons. The minimum absolute atomic E-state index is 0.243. The van der Waals surface area contributed by atoms with Gasteiger partial charge in [0.2, 0.25) is 0 Å². The first-order valence-corrected chi connectivity index (χ1v) is 8.32. The minimum Gasteiger partial charge on any atom is -0.448 e. The van der Waals surface area contributed by atoms with Gasteiger partial charge in [-0.05, 0) is 37.0 Å². The second kappa shape index (κ2) is 6.02. The van der Waals surface area contributed by atoms with E-state index in [9.17, 15) is 14.3 Å². The summed E-state index contributed by atoms with van der Waals surface area (Å²) >= 11 is 0. The first kappa shape index (κ1) is 15.3. The average molecular weight is 330 g/mol. The van der Waals surface area contributed by atoms with Gasteiger partial charge in [-0.2, -0.15) is 0 Å². The van der Waals surface area contributed by atoms with Gasteiger partial charge in [0.05, 0.1) is 12.1 Å². The van der Waals surface area contributed by atoms with Crippen molar-refractivity contribution in [1.82, 2.24) is 9.88 Å². The van der Waals surface area contributed by atoms with Crippen LogP contribution in [0.3, 0.4) is 0 Å². The third-order valence-corrected chi connectivity index (χ3v) is 4.99. The van der Waals surface area contributed by atoms with Crippen molar-refractivity contribution in [3.8, 4) is 0 Å². The number of hydrogen-bond donors (Lipinski definition) is 1. The summed E-state index contributed by atoms with van der Waals surface area (Å²) in [6.45, 7) is 0.243. The third kappa shape index (κ3) is 2.71. The highest BCUT2D eigenvalue weighted by Gasteiger charge is 2.37. The van der Waals surface area contributed by atoms with Crippen molar-refractivity contribution in [1.29, 1.82) is 0 Å². The lowest BCUT2D eigenvalue weighted by Gasteiger charge is -2.24. The molecular weight excluding hydrogens is 311 g/mol. The number of oxazole rings is 1. The van der Waals surface area contributed by atoms with Gasteiger partial charge in [-0.25, -0.2) is 9.37 Å². The second-order valence-electron chi connectivity index (χ2n) is 6.61. The van der Waals surface area contributed by atoms with Crippen molar-refractivity contribution in [3.63, 3.8) is 0 Å². The highest BCUT2D eigenvalue weighted by Crippen LogP contribution is 2.37. The summed E-state index contributed by atoms with van der Waals surface area (Å²) < 4.78 is 18.6. The van der Waals surface area contributed by atoms with Gasteiger partial charge < -0.3 is 14.4 Å². The standard InChI is InChI=1S/C18H19FN2O3/c19-13-6-4-11(5-7-13)16-8-14(22)9-21(16)18(23)15-10-24-17(20-15)12-2-1-3-12/h4-7,10,12,14,16,22H,1-3,8-9H2/t14-,16-/m0/s1. The molecule has 6 heteroatoms. The lowest BCUT2D eigenvalue weighted by molar-refractivity contribution is 0.0709. The van der Waals surface area contributed by atoms with Gasteiger partial charge in [-0.3, -0.25) is 4.79 Å². The largest absolute Gasteiger partial charge is 0.448 e. The summed E-state index contributed by atoms with van der Waals surface area (Å²) in [5.74, 6) is 0.373. The fourth-order valence-corrected chi connectivity index (χ4v) is 3.41. The lowest BCUT2D eigenvalue weighted by atomic mass is 9.85. The number of aromatic nitrogens is 1. The zero-order valence-electron chi connectivity index (χ0n) is 13.2.